The SMILES string of the molecule is CCCCCCCCCCCCCCCCCOCC(CO[C@@H]1O[C@H](CO[C@@H]2O[C@H](CO)[C@@H](O)[C@H](O)[C@H]2O)[C@@H](O)[C@H](O)[C@H]1O)OCCCCCCCCCCCCCCCCC. The second-order valence-electron chi connectivity index (χ2n) is 18.3. The topological polar surface area (TPSA) is 197 Å². The predicted molar refractivity (Wildman–Crippen MR) is 243 cm³/mol. The quantitative estimate of drug-likeness (QED) is 0.0294. The van der Waals surface area contributed by atoms with Crippen LogP contribution in [0.4, 0.5) is 0 Å². The molecule has 0 aromatic carbocycles. The first-order valence-electron chi connectivity index (χ1n) is 25.7. The number of ether oxygens (including phenoxy) is 6. The molecule has 2 heterocycles. The predicted octanol–water partition coefficient (Wildman–Crippen LogP) is 7.77. The molecule has 0 saturated carbocycles. The van der Waals surface area contributed by atoms with Gasteiger partial charge in [0.05, 0.1) is 26.4 Å². The zero-order valence-electron chi connectivity index (χ0n) is 39.4. The Balaban J connectivity index is 1.72. The van der Waals surface area contributed by atoms with E-state index in [1.54, 1.807) is 0 Å². The van der Waals surface area contributed by atoms with Crippen molar-refractivity contribution in [2.24, 2.45) is 0 Å². The lowest BCUT2D eigenvalue weighted by atomic mass is 9.98. The highest BCUT2D eigenvalue weighted by atomic mass is 16.7. The molecule has 1 unspecified atom stereocenters. The van der Waals surface area contributed by atoms with Crippen molar-refractivity contribution >= 4 is 0 Å². The largest absolute Gasteiger partial charge is 0.394 e. The minimum absolute atomic E-state index is 0.0163. The standard InChI is InChI=1S/C49H96O13/c1-3-5-7-9-11-13-15-17-19-21-23-25-27-29-31-33-57-36-39(58-34-32-30-28-26-24-22-20-18-16-14-12-10-8-6-4-2)37-59-48-47(56)45(54)43(52)41(62-48)38-60-49-46(55)44(53)42(51)40(35-50)61-49/h39-56H,3-38H2,1-2H3/t39?,40-,41-,42-,43-,44+,45+,46-,47-,48-,49-/m1/s1. The van der Waals surface area contributed by atoms with E-state index in [9.17, 15) is 35.7 Å². The maximum Gasteiger partial charge on any atom is 0.186 e. The van der Waals surface area contributed by atoms with Crippen LogP contribution in [0.1, 0.15) is 206 Å². The van der Waals surface area contributed by atoms with Crippen LogP contribution in [0.25, 0.3) is 0 Å². The number of aliphatic hydroxyl groups excluding tert-OH is 7. The van der Waals surface area contributed by atoms with Crippen molar-refractivity contribution in [1.29, 1.82) is 0 Å². The number of aliphatic hydroxyl groups is 7. The molecule has 0 bridgehead atoms. The van der Waals surface area contributed by atoms with Gasteiger partial charge in [-0.25, -0.2) is 0 Å². The Bertz CT molecular complexity index is 978. The van der Waals surface area contributed by atoms with Crippen LogP contribution in [-0.4, -0.2) is 143 Å². The van der Waals surface area contributed by atoms with Crippen LogP contribution in [0.3, 0.4) is 0 Å². The molecule has 7 N–H and O–H groups in total. The summed E-state index contributed by atoms with van der Waals surface area (Å²) in [6.45, 7) is 4.96. The van der Waals surface area contributed by atoms with E-state index in [0.717, 1.165) is 25.7 Å². The van der Waals surface area contributed by atoms with Gasteiger partial charge in [-0.2, -0.15) is 0 Å². The third-order valence-electron chi connectivity index (χ3n) is 12.7. The van der Waals surface area contributed by atoms with E-state index in [1.807, 2.05) is 0 Å². The molecule has 0 amide bonds. The van der Waals surface area contributed by atoms with Gasteiger partial charge < -0.3 is 64.2 Å². The summed E-state index contributed by atoms with van der Waals surface area (Å²) < 4.78 is 35.0. The highest BCUT2D eigenvalue weighted by Gasteiger charge is 2.47. The minimum atomic E-state index is -1.65. The van der Waals surface area contributed by atoms with Crippen LogP contribution >= 0.6 is 0 Å². The molecule has 2 aliphatic heterocycles. The number of unbranched alkanes of at least 4 members (excludes halogenated alkanes) is 28. The third kappa shape index (κ3) is 26.0. The monoisotopic (exact) mass is 893 g/mol. The van der Waals surface area contributed by atoms with Crippen molar-refractivity contribution in [3.05, 3.63) is 0 Å². The highest BCUT2D eigenvalue weighted by Crippen LogP contribution is 2.26. The van der Waals surface area contributed by atoms with E-state index >= 15 is 0 Å². The van der Waals surface area contributed by atoms with Crippen LogP contribution in [-0.2, 0) is 28.4 Å². The first kappa shape index (κ1) is 57.6. The fourth-order valence-corrected chi connectivity index (χ4v) is 8.45. The average Bonchev–Trinajstić information content (AvgIpc) is 3.27. The van der Waals surface area contributed by atoms with Gasteiger partial charge in [-0.3, -0.25) is 0 Å². The molecule has 2 aliphatic rings. The second kappa shape index (κ2) is 38.6. The van der Waals surface area contributed by atoms with Gasteiger partial charge in [0.25, 0.3) is 0 Å². The van der Waals surface area contributed by atoms with Crippen LogP contribution < -0.4 is 0 Å². The van der Waals surface area contributed by atoms with E-state index in [-0.39, 0.29) is 6.61 Å². The Hall–Kier alpha value is -0.520. The molecule has 370 valence electrons. The van der Waals surface area contributed by atoms with Crippen LogP contribution in [0.2, 0.25) is 0 Å². The summed E-state index contributed by atoms with van der Waals surface area (Å²) in [5.41, 5.74) is 0. The van der Waals surface area contributed by atoms with E-state index in [2.05, 4.69) is 13.8 Å². The molecular weight excluding hydrogens is 797 g/mol. The van der Waals surface area contributed by atoms with E-state index in [0.29, 0.717) is 19.8 Å². The van der Waals surface area contributed by atoms with Gasteiger partial charge >= 0.3 is 0 Å². The maximum absolute atomic E-state index is 10.8. The number of rotatable bonds is 42. The van der Waals surface area contributed by atoms with Gasteiger partial charge in [0.1, 0.15) is 54.9 Å². The summed E-state index contributed by atoms with van der Waals surface area (Å²) in [6, 6.07) is 0. The van der Waals surface area contributed by atoms with Crippen LogP contribution in [0, 0.1) is 0 Å². The molecule has 62 heavy (non-hydrogen) atoms. The third-order valence-corrected chi connectivity index (χ3v) is 12.7. The van der Waals surface area contributed by atoms with Gasteiger partial charge in [0.15, 0.2) is 12.6 Å². The molecule has 11 atom stereocenters. The minimum Gasteiger partial charge on any atom is -0.394 e. The lowest BCUT2D eigenvalue weighted by Gasteiger charge is -2.42. The smallest absolute Gasteiger partial charge is 0.186 e. The molecule has 0 aliphatic carbocycles. The summed E-state index contributed by atoms with van der Waals surface area (Å²) in [6.07, 6.45) is 23.6. The molecule has 0 aromatic rings. The zero-order valence-corrected chi connectivity index (χ0v) is 39.4. The van der Waals surface area contributed by atoms with E-state index < -0.39 is 80.7 Å². The van der Waals surface area contributed by atoms with Gasteiger partial charge in [0.2, 0.25) is 0 Å². The van der Waals surface area contributed by atoms with E-state index in [1.165, 1.54) is 167 Å². The molecule has 2 saturated heterocycles. The fourth-order valence-electron chi connectivity index (χ4n) is 8.45. The summed E-state index contributed by atoms with van der Waals surface area (Å²) in [7, 11) is 0. The van der Waals surface area contributed by atoms with Crippen molar-refractivity contribution in [3.63, 3.8) is 0 Å². The van der Waals surface area contributed by atoms with Crippen LogP contribution in [0.5, 0.6) is 0 Å². The summed E-state index contributed by atoms with van der Waals surface area (Å²) in [5.74, 6) is 0. The molecule has 2 rings (SSSR count). The van der Waals surface area contributed by atoms with Gasteiger partial charge in [-0.1, -0.05) is 194 Å². The zero-order chi connectivity index (χ0) is 45.0. The highest BCUT2D eigenvalue weighted by molar-refractivity contribution is 4.91. The Morgan fingerprint density at radius 1 is 0.387 bits per heavy atom. The Morgan fingerprint density at radius 2 is 0.742 bits per heavy atom. The first-order chi connectivity index (χ1) is 30.2. The molecule has 0 aromatic heterocycles. The fraction of sp³-hybridized carbons (Fsp3) is 1.00. The second-order valence-corrected chi connectivity index (χ2v) is 18.3. The van der Waals surface area contributed by atoms with Gasteiger partial charge in [-0.15, -0.1) is 0 Å². The van der Waals surface area contributed by atoms with Gasteiger partial charge in [-0.05, 0) is 12.8 Å². The van der Waals surface area contributed by atoms with Crippen LogP contribution in [0.15, 0.2) is 0 Å². The van der Waals surface area contributed by atoms with E-state index in [4.69, 9.17) is 28.4 Å². The van der Waals surface area contributed by atoms with Crippen molar-refractivity contribution in [2.45, 2.75) is 274 Å². The van der Waals surface area contributed by atoms with Gasteiger partial charge in [0, 0.05) is 13.2 Å². The van der Waals surface area contributed by atoms with Crippen molar-refractivity contribution in [3.8, 4) is 0 Å². The summed E-state index contributed by atoms with van der Waals surface area (Å²) in [5, 5.41) is 72.1. The normalized spacial score (nSPS) is 27.2. The lowest BCUT2D eigenvalue weighted by molar-refractivity contribution is -0.333. The lowest BCUT2D eigenvalue weighted by Crippen LogP contribution is -2.61. The summed E-state index contributed by atoms with van der Waals surface area (Å²) in [4.78, 5) is 0. The molecule has 13 nitrogen and oxygen atoms in total. The molecule has 13 heteroatoms. The Kier molecular flexibility index (Phi) is 35.8. The summed E-state index contributed by atoms with van der Waals surface area (Å²) >= 11 is 0. The molecule has 2 fully saturated rings. The maximum atomic E-state index is 10.8. The first-order valence-corrected chi connectivity index (χ1v) is 25.7. The Morgan fingerprint density at radius 3 is 1.16 bits per heavy atom. The Labute approximate surface area is 376 Å². The molecule has 0 radical (unpaired) electrons. The number of hydrogen-bond donors (Lipinski definition) is 7. The number of hydrogen-bond acceptors (Lipinski definition) is 13. The van der Waals surface area contributed by atoms with Crippen molar-refractivity contribution in [1.82, 2.24) is 0 Å². The molecular formula is C49H96O13. The molecule has 0 spiro atoms. The van der Waals surface area contributed by atoms with Crippen molar-refractivity contribution in [2.75, 3.05) is 39.6 Å². The average molecular weight is 893 g/mol. The van der Waals surface area contributed by atoms with Crippen molar-refractivity contribution < 1.29 is 64.2 Å².